The number of rotatable bonds is 4. The van der Waals surface area contributed by atoms with Crippen molar-refractivity contribution in [2.24, 2.45) is 0 Å². The van der Waals surface area contributed by atoms with Crippen LogP contribution in [-0.4, -0.2) is 54.3 Å². The predicted molar refractivity (Wildman–Crippen MR) is 80.4 cm³/mol. The van der Waals surface area contributed by atoms with Gasteiger partial charge in [0.05, 0.1) is 12.7 Å². The highest BCUT2D eigenvalue weighted by Crippen LogP contribution is 2.26. The molecule has 1 aliphatic heterocycles. The lowest BCUT2D eigenvalue weighted by Gasteiger charge is -2.31. The van der Waals surface area contributed by atoms with Crippen molar-refractivity contribution in [1.29, 1.82) is 0 Å². The van der Waals surface area contributed by atoms with E-state index in [0.29, 0.717) is 31.0 Å². The Bertz CT molecular complexity index is 561. The van der Waals surface area contributed by atoms with Crippen LogP contribution in [0.4, 0.5) is 0 Å². The van der Waals surface area contributed by atoms with Crippen LogP contribution in [0, 0.1) is 13.8 Å². The van der Waals surface area contributed by atoms with Crippen LogP contribution in [0.15, 0.2) is 12.1 Å². The van der Waals surface area contributed by atoms with Gasteiger partial charge in [0.2, 0.25) is 0 Å². The van der Waals surface area contributed by atoms with Gasteiger partial charge in [-0.15, -0.1) is 0 Å². The molecule has 1 amide bonds. The quantitative estimate of drug-likeness (QED) is 0.915. The third-order valence-corrected chi connectivity index (χ3v) is 3.58. The summed E-state index contributed by atoms with van der Waals surface area (Å²) in [6, 6.07) is 3.49. The zero-order chi connectivity index (χ0) is 16.3. The summed E-state index contributed by atoms with van der Waals surface area (Å²) >= 11 is 0. The van der Waals surface area contributed by atoms with Gasteiger partial charge >= 0.3 is 5.97 Å². The van der Waals surface area contributed by atoms with Gasteiger partial charge in [-0.2, -0.15) is 0 Å². The van der Waals surface area contributed by atoms with E-state index in [1.807, 2.05) is 20.8 Å². The molecule has 6 heteroatoms. The lowest BCUT2D eigenvalue weighted by Crippen LogP contribution is -2.44. The van der Waals surface area contributed by atoms with Crippen LogP contribution >= 0.6 is 0 Å². The molecule has 1 atom stereocenters. The second-order valence-corrected chi connectivity index (χ2v) is 5.55. The van der Waals surface area contributed by atoms with Crippen molar-refractivity contribution in [1.82, 2.24) is 4.90 Å². The first-order valence-corrected chi connectivity index (χ1v) is 7.25. The molecule has 22 heavy (non-hydrogen) atoms. The summed E-state index contributed by atoms with van der Waals surface area (Å²) in [4.78, 5) is 25.0. The third kappa shape index (κ3) is 3.76. The summed E-state index contributed by atoms with van der Waals surface area (Å²) in [5, 5.41) is 8.70. The van der Waals surface area contributed by atoms with Gasteiger partial charge in [0.15, 0.2) is 6.61 Å². The standard InChI is InChI=1S/C16H21NO5/c1-10-6-13(7-11(2)15(10)22-9-14(18)19)16(20)17-4-5-21-12(3)8-17/h6-7,12H,4-5,8-9H2,1-3H3,(H,18,19). The Morgan fingerprint density at radius 1 is 1.36 bits per heavy atom. The lowest BCUT2D eigenvalue weighted by atomic mass is 10.0. The van der Waals surface area contributed by atoms with Crippen molar-refractivity contribution in [2.75, 3.05) is 26.3 Å². The highest BCUT2D eigenvalue weighted by Gasteiger charge is 2.23. The average molecular weight is 307 g/mol. The van der Waals surface area contributed by atoms with Crippen molar-refractivity contribution in [3.05, 3.63) is 28.8 Å². The number of carbonyl (C=O) groups is 2. The van der Waals surface area contributed by atoms with Crippen LogP contribution in [0.5, 0.6) is 5.75 Å². The normalized spacial score (nSPS) is 18.1. The first-order valence-electron chi connectivity index (χ1n) is 7.25. The summed E-state index contributed by atoms with van der Waals surface area (Å²) < 4.78 is 10.7. The molecule has 1 fully saturated rings. The van der Waals surface area contributed by atoms with E-state index in [0.717, 1.165) is 11.1 Å². The molecular weight excluding hydrogens is 286 g/mol. The number of hydrogen-bond donors (Lipinski definition) is 1. The fraction of sp³-hybridized carbons (Fsp3) is 0.500. The fourth-order valence-corrected chi connectivity index (χ4v) is 2.62. The van der Waals surface area contributed by atoms with E-state index < -0.39 is 12.6 Å². The van der Waals surface area contributed by atoms with Gasteiger partial charge in [-0.25, -0.2) is 4.79 Å². The van der Waals surface area contributed by atoms with Crippen LogP contribution in [0.25, 0.3) is 0 Å². The van der Waals surface area contributed by atoms with Crippen molar-refractivity contribution < 1.29 is 24.2 Å². The van der Waals surface area contributed by atoms with Gasteiger partial charge in [0.1, 0.15) is 5.75 Å². The Kier molecular flexibility index (Phi) is 5.03. The molecular formula is C16H21NO5. The molecule has 1 aromatic rings. The van der Waals surface area contributed by atoms with Gasteiger partial charge in [-0.1, -0.05) is 0 Å². The first kappa shape index (κ1) is 16.3. The summed E-state index contributed by atoms with van der Waals surface area (Å²) in [6.45, 7) is 6.87. The van der Waals surface area contributed by atoms with Crippen LogP contribution in [0.1, 0.15) is 28.4 Å². The molecule has 0 radical (unpaired) electrons. The number of carbonyl (C=O) groups excluding carboxylic acids is 1. The monoisotopic (exact) mass is 307 g/mol. The topological polar surface area (TPSA) is 76.1 Å². The SMILES string of the molecule is Cc1cc(C(=O)N2CCOC(C)C2)cc(C)c1OCC(=O)O. The van der Waals surface area contributed by atoms with E-state index in [1.54, 1.807) is 17.0 Å². The maximum absolute atomic E-state index is 12.6. The summed E-state index contributed by atoms with van der Waals surface area (Å²) in [7, 11) is 0. The average Bonchev–Trinajstić information content (AvgIpc) is 2.45. The maximum Gasteiger partial charge on any atom is 0.341 e. The van der Waals surface area contributed by atoms with Gasteiger partial charge in [0, 0.05) is 18.7 Å². The molecule has 0 spiro atoms. The number of aryl methyl sites for hydroxylation is 2. The molecule has 120 valence electrons. The minimum atomic E-state index is -1.03. The molecule has 1 N–H and O–H groups in total. The maximum atomic E-state index is 12.6. The number of ether oxygens (including phenoxy) is 2. The van der Waals surface area contributed by atoms with Crippen molar-refractivity contribution in [3.63, 3.8) is 0 Å². The van der Waals surface area contributed by atoms with Crippen molar-refractivity contribution in [2.45, 2.75) is 26.9 Å². The number of nitrogens with zero attached hydrogens (tertiary/aromatic N) is 1. The van der Waals surface area contributed by atoms with E-state index in [4.69, 9.17) is 14.6 Å². The minimum absolute atomic E-state index is 0.0360. The Morgan fingerprint density at radius 3 is 2.55 bits per heavy atom. The lowest BCUT2D eigenvalue weighted by molar-refractivity contribution is -0.139. The molecule has 0 saturated carbocycles. The summed E-state index contributed by atoms with van der Waals surface area (Å²) in [6.07, 6.45) is 0.0399. The largest absolute Gasteiger partial charge is 0.481 e. The van der Waals surface area contributed by atoms with Crippen molar-refractivity contribution >= 4 is 11.9 Å². The number of benzene rings is 1. The van der Waals surface area contributed by atoms with Crippen molar-refractivity contribution in [3.8, 4) is 5.75 Å². The zero-order valence-electron chi connectivity index (χ0n) is 13.1. The van der Waals surface area contributed by atoms with Crippen LogP contribution in [0.3, 0.4) is 0 Å². The van der Waals surface area contributed by atoms with Gasteiger partial charge in [0.25, 0.3) is 5.91 Å². The van der Waals surface area contributed by atoms with E-state index >= 15 is 0 Å². The predicted octanol–water partition coefficient (Wildman–Crippen LogP) is 1.63. The molecule has 2 rings (SSSR count). The van der Waals surface area contributed by atoms with E-state index in [9.17, 15) is 9.59 Å². The van der Waals surface area contributed by atoms with Crippen LogP contribution < -0.4 is 4.74 Å². The Hall–Kier alpha value is -2.08. The Morgan fingerprint density at radius 2 is 2.00 bits per heavy atom. The summed E-state index contributed by atoms with van der Waals surface area (Å²) in [5.74, 6) is -0.540. The smallest absolute Gasteiger partial charge is 0.341 e. The van der Waals surface area contributed by atoms with Gasteiger partial charge in [-0.3, -0.25) is 4.79 Å². The molecule has 1 heterocycles. The minimum Gasteiger partial charge on any atom is -0.481 e. The number of morpholine rings is 1. The molecule has 6 nitrogen and oxygen atoms in total. The summed E-state index contributed by atoms with van der Waals surface area (Å²) in [5.41, 5.74) is 2.10. The molecule has 1 aromatic carbocycles. The number of aliphatic carboxylic acids is 1. The highest BCUT2D eigenvalue weighted by molar-refractivity contribution is 5.95. The number of carboxylic acids is 1. The van der Waals surface area contributed by atoms with Crippen LogP contribution in [-0.2, 0) is 9.53 Å². The molecule has 1 saturated heterocycles. The second kappa shape index (κ2) is 6.79. The molecule has 0 bridgehead atoms. The van der Waals surface area contributed by atoms with E-state index in [2.05, 4.69) is 0 Å². The molecule has 1 unspecified atom stereocenters. The number of hydrogen-bond acceptors (Lipinski definition) is 4. The van der Waals surface area contributed by atoms with Gasteiger partial charge < -0.3 is 19.5 Å². The Balaban J connectivity index is 2.18. The number of carboxylic acid groups (broad SMARTS) is 1. The molecule has 0 aliphatic carbocycles. The number of amides is 1. The molecule has 1 aliphatic rings. The van der Waals surface area contributed by atoms with Gasteiger partial charge in [-0.05, 0) is 44.0 Å². The second-order valence-electron chi connectivity index (χ2n) is 5.55. The van der Waals surface area contributed by atoms with Crippen LogP contribution in [0.2, 0.25) is 0 Å². The third-order valence-electron chi connectivity index (χ3n) is 3.58. The first-order chi connectivity index (χ1) is 10.4. The Labute approximate surface area is 129 Å². The zero-order valence-corrected chi connectivity index (χ0v) is 13.1. The van der Waals surface area contributed by atoms with E-state index in [1.165, 1.54) is 0 Å². The van der Waals surface area contributed by atoms with E-state index in [-0.39, 0.29) is 12.0 Å². The fourth-order valence-electron chi connectivity index (χ4n) is 2.62. The molecule has 0 aromatic heterocycles. The highest BCUT2D eigenvalue weighted by atomic mass is 16.5.